The van der Waals surface area contributed by atoms with Crippen LogP contribution in [0.1, 0.15) is 32.8 Å². The normalized spacial score (nSPS) is 14.1. The molecule has 114 valence electrons. The van der Waals surface area contributed by atoms with Crippen LogP contribution < -0.4 is 10.1 Å². The van der Waals surface area contributed by atoms with E-state index < -0.39 is 6.10 Å². The highest BCUT2D eigenvalue weighted by Crippen LogP contribution is 2.29. The second kappa shape index (κ2) is 7.43. The molecule has 0 heterocycles. The molecule has 0 aliphatic heterocycles. The van der Waals surface area contributed by atoms with Crippen molar-refractivity contribution in [3.05, 3.63) is 42.0 Å². The van der Waals surface area contributed by atoms with Gasteiger partial charge in [0, 0.05) is 12.1 Å². The van der Waals surface area contributed by atoms with Crippen molar-refractivity contribution in [2.45, 2.75) is 45.9 Å². The standard InChI is InChI=1S/C18H25NO2/c1-4-11-19-12-17-16-8-6-5-7-15(16)9-10-18(17)21-14(3)13(2)20/h5-10,13-14,19-20H,4,11-12H2,1-3H3. The third kappa shape index (κ3) is 3.96. The average molecular weight is 287 g/mol. The number of fused-ring (bicyclic) bond motifs is 1. The number of aliphatic hydroxyl groups is 1. The SMILES string of the molecule is CCCNCc1c(OC(C)C(C)O)ccc2ccccc12. The van der Waals surface area contributed by atoms with Crippen molar-refractivity contribution in [1.82, 2.24) is 5.32 Å². The Bertz CT molecular complexity index is 580. The number of benzene rings is 2. The third-order valence-electron chi connectivity index (χ3n) is 3.72. The molecular weight excluding hydrogens is 262 g/mol. The van der Waals surface area contributed by atoms with E-state index in [1.165, 1.54) is 10.8 Å². The molecule has 2 aromatic rings. The first-order valence-corrected chi connectivity index (χ1v) is 7.69. The zero-order valence-electron chi connectivity index (χ0n) is 13.1. The summed E-state index contributed by atoms with van der Waals surface area (Å²) in [6.45, 7) is 7.55. The van der Waals surface area contributed by atoms with Crippen molar-refractivity contribution in [3.8, 4) is 5.75 Å². The first-order valence-electron chi connectivity index (χ1n) is 7.69. The van der Waals surface area contributed by atoms with E-state index in [0.29, 0.717) is 0 Å². The molecular formula is C18H25NO2. The lowest BCUT2D eigenvalue weighted by Crippen LogP contribution is -2.26. The maximum absolute atomic E-state index is 9.66. The van der Waals surface area contributed by atoms with Crippen molar-refractivity contribution in [2.75, 3.05) is 6.54 Å². The maximum Gasteiger partial charge on any atom is 0.124 e. The summed E-state index contributed by atoms with van der Waals surface area (Å²) >= 11 is 0. The number of ether oxygens (including phenoxy) is 1. The average Bonchev–Trinajstić information content (AvgIpc) is 2.49. The highest BCUT2D eigenvalue weighted by atomic mass is 16.5. The largest absolute Gasteiger partial charge is 0.488 e. The molecule has 21 heavy (non-hydrogen) atoms. The van der Waals surface area contributed by atoms with Gasteiger partial charge in [0.25, 0.3) is 0 Å². The molecule has 0 aliphatic rings. The van der Waals surface area contributed by atoms with Gasteiger partial charge in [0.1, 0.15) is 11.9 Å². The number of hydrogen-bond donors (Lipinski definition) is 2. The lowest BCUT2D eigenvalue weighted by atomic mass is 10.0. The van der Waals surface area contributed by atoms with Crippen molar-refractivity contribution in [2.24, 2.45) is 0 Å². The van der Waals surface area contributed by atoms with Crippen LogP contribution in [0.15, 0.2) is 36.4 Å². The molecule has 0 aliphatic carbocycles. The highest BCUT2D eigenvalue weighted by Gasteiger charge is 2.14. The summed E-state index contributed by atoms with van der Waals surface area (Å²) in [5.74, 6) is 0.853. The number of hydrogen-bond acceptors (Lipinski definition) is 3. The second-order valence-electron chi connectivity index (χ2n) is 5.50. The van der Waals surface area contributed by atoms with Gasteiger partial charge < -0.3 is 15.2 Å². The zero-order valence-corrected chi connectivity index (χ0v) is 13.1. The van der Waals surface area contributed by atoms with Gasteiger partial charge in [-0.05, 0) is 43.7 Å². The van der Waals surface area contributed by atoms with Gasteiger partial charge in [-0.25, -0.2) is 0 Å². The quantitative estimate of drug-likeness (QED) is 0.766. The van der Waals surface area contributed by atoms with E-state index in [9.17, 15) is 5.11 Å². The molecule has 0 amide bonds. The Morgan fingerprint density at radius 1 is 1.14 bits per heavy atom. The minimum absolute atomic E-state index is 0.226. The Morgan fingerprint density at radius 2 is 1.90 bits per heavy atom. The van der Waals surface area contributed by atoms with Crippen LogP contribution in [-0.4, -0.2) is 23.9 Å². The fourth-order valence-corrected chi connectivity index (χ4v) is 2.30. The smallest absolute Gasteiger partial charge is 0.124 e. The Morgan fingerprint density at radius 3 is 2.62 bits per heavy atom. The molecule has 0 radical (unpaired) electrons. The summed E-state index contributed by atoms with van der Waals surface area (Å²) in [4.78, 5) is 0. The molecule has 2 rings (SSSR count). The van der Waals surface area contributed by atoms with Gasteiger partial charge in [0.15, 0.2) is 0 Å². The van der Waals surface area contributed by atoms with Crippen LogP contribution >= 0.6 is 0 Å². The van der Waals surface area contributed by atoms with E-state index in [2.05, 4.69) is 30.4 Å². The molecule has 2 atom stereocenters. The number of aliphatic hydroxyl groups excluding tert-OH is 1. The van der Waals surface area contributed by atoms with E-state index >= 15 is 0 Å². The molecule has 3 nitrogen and oxygen atoms in total. The van der Waals surface area contributed by atoms with Gasteiger partial charge >= 0.3 is 0 Å². The highest BCUT2D eigenvalue weighted by molar-refractivity contribution is 5.87. The molecule has 2 N–H and O–H groups in total. The van der Waals surface area contributed by atoms with E-state index in [1.54, 1.807) is 6.92 Å². The van der Waals surface area contributed by atoms with Gasteiger partial charge in [0.2, 0.25) is 0 Å². The molecule has 0 aromatic heterocycles. The Balaban J connectivity index is 2.35. The van der Waals surface area contributed by atoms with Crippen LogP contribution in [0.4, 0.5) is 0 Å². The van der Waals surface area contributed by atoms with Gasteiger partial charge in [-0.15, -0.1) is 0 Å². The molecule has 0 spiro atoms. The molecule has 0 saturated heterocycles. The minimum atomic E-state index is -0.493. The monoisotopic (exact) mass is 287 g/mol. The minimum Gasteiger partial charge on any atom is -0.488 e. The molecule has 3 heteroatoms. The van der Waals surface area contributed by atoms with E-state index in [4.69, 9.17) is 4.74 Å². The third-order valence-corrected chi connectivity index (χ3v) is 3.72. The van der Waals surface area contributed by atoms with Crippen LogP contribution in [0.5, 0.6) is 5.75 Å². The topological polar surface area (TPSA) is 41.5 Å². The first-order chi connectivity index (χ1) is 10.1. The molecule has 0 fully saturated rings. The van der Waals surface area contributed by atoms with Gasteiger partial charge in [0.05, 0.1) is 6.10 Å². The first kappa shape index (κ1) is 15.8. The van der Waals surface area contributed by atoms with Gasteiger partial charge in [-0.3, -0.25) is 0 Å². The Labute approximate surface area is 126 Å². The predicted octanol–water partition coefficient (Wildman–Crippen LogP) is 3.49. The molecule has 0 saturated carbocycles. The van der Waals surface area contributed by atoms with E-state index in [1.807, 2.05) is 25.1 Å². The number of nitrogens with one attached hydrogen (secondary N) is 1. The van der Waals surface area contributed by atoms with E-state index in [0.717, 1.165) is 30.8 Å². The molecule has 2 aromatic carbocycles. The lowest BCUT2D eigenvalue weighted by Gasteiger charge is -2.21. The predicted molar refractivity (Wildman–Crippen MR) is 87.7 cm³/mol. The van der Waals surface area contributed by atoms with Gasteiger partial charge in [-0.1, -0.05) is 37.3 Å². The van der Waals surface area contributed by atoms with Gasteiger partial charge in [-0.2, -0.15) is 0 Å². The maximum atomic E-state index is 9.66. The Hall–Kier alpha value is -1.58. The number of rotatable bonds is 7. The summed E-state index contributed by atoms with van der Waals surface area (Å²) in [5, 5.41) is 15.5. The summed E-state index contributed by atoms with van der Waals surface area (Å²) < 4.78 is 5.96. The zero-order chi connectivity index (χ0) is 15.2. The van der Waals surface area contributed by atoms with Crippen molar-refractivity contribution >= 4 is 10.8 Å². The van der Waals surface area contributed by atoms with Crippen LogP contribution in [0, 0.1) is 0 Å². The summed E-state index contributed by atoms with van der Waals surface area (Å²) in [6.07, 6.45) is 0.384. The molecule has 0 bridgehead atoms. The van der Waals surface area contributed by atoms with Crippen molar-refractivity contribution < 1.29 is 9.84 Å². The second-order valence-corrected chi connectivity index (χ2v) is 5.50. The van der Waals surface area contributed by atoms with Crippen molar-refractivity contribution in [3.63, 3.8) is 0 Å². The van der Waals surface area contributed by atoms with Crippen molar-refractivity contribution in [1.29, 1.82) is 0 Å². The summed E-state index contributed by atoms with van der Waals surface area (Å²) in [5.41, 5.74) is 1.16. The van der Waals surface area contributed by atoms with Crippen LogP contribution in [0.25, 0.3) is 10.8 Å². The summed E-state index contributed by atoms with van der Waals surface area (Å²) in [7, 11) is 0. The molecule has 2 unspecified atom stereocenters. The van der Waals surface area contributed by atoms with Crippen LogP contribution in [0.3, 0.4) is 0 Å². The van der Waals surface area contributed by atoms with Crippen LogP contribution in [0.2, 0.25) is 0 Å². The fourth-order valence-electron chi connectivity index (χ4n) is 2.30. The lowest BCUT2D eigenvalue weighted by molar-refractivity contribution is 0.0599. The van der Waals surface area contributed by atoms with E-state index in [-0.39, 0.29) is 6.10 Å². The van der Waals surface area contributed by atoms with Crippen LogP contribution in [-0.2, 0) is 6.54 Å². The fraction of sp³-hybridized carbons (Fsp3) is 0.444. The Kier molecular flexibility index (Phi) is 5.59. The summed E-state index contributed by atoms with van der Waals surface area (Å²) in [6, 6.07) is 12.4.